The summed E-state index contributed by atoms with van der Waals surface area (Å²) in [4.78, 5) is 44.0. The van der Waals surface area contributed by atoms with Crippen molar-refractivity contribution in [2.24, 2.45) is 11.8 Å². The van der Waals surface area contributed by atoms with E-state index in [4.69, 9.17) is 23.2 Å². The molecule has 0 saturated carbocycles. The average molecular weight is 524 g/mol. The fraction of sp³-hybridized carbons (Fsp3) is 0.375. The third-order valence-electron chi connectivity index (χ3n) is 7.88. The Balaban J connectivity index is 1.55. The van der Waals surface area contributed by atoms with Gasteiger partial charge < -0.3 is 5.32 Å². The Kier molecular flexibility index (Phi) is 4.70. The summed E-state index contributed by atoms with van der Waals surface area (Å²) in [6.45, 7) is 2.27. The first-order chi connectivity index (χ1) is 16.5. The molecule has 1 N–H and O–H groups in total. The van der Waals surface area contributed by atoms with Gasteiger partial charge in [-0.3, -0.25) is 19.3 Å². The molecule has 1 spiro atoms. The number of carbonyl (C=O) groups is 3. The van der Waals surface area contributed by atoms with E-state index in [0.717, 1.165) is 23.5 Å². The molecule has 2 aromatic carbocycles. The zero-order valence-corrected chi connectivity index (χ0v) is 19.8. The quantitative estimate of drug-likeness (QED) is 0.547. The van der Waals surface area contributed by atoms with Crippen LogP contribution in [0.2, 0.25) is 10.0 Å². The fourth-order valence-corrected chi connectivity index (χ4v) is 6.85. The van der Waals surface area contributed by atoms with Crippen molar-refractivity contribution in [3.8, 4) is 0 Å². The van der Waals surface area contributed by atoms with E-state index in [1.807, 2.05) is 4.90 Å². The number of imide groups is 1. The highest BCUT2D eigenvalue weighted by molar-refractivity contribution is 6.36. The molecule has 182 valence electrons. The van der Waals surface area contributed by atoms with Crippen LogP contribution in [0.4, 0.5) is 24.5 Å². The minimum absolute atomic E-state index is 0.157. The zero-order chi connectivity index (χ0) is 25.0. The molecule has 11 heteroatoms. The van der Waals surface area contributed by atoms with Gasteiger partial charge in [-0.25, -0.2) is 4.90 Å². The number of halogens is 5. The molecule has 4 aliphatic heterocycles. The monoisotopic (exact) mass is 523 g/mol. The highest BCUT2D eigenvalue weighted by atomic mass is 35.5. The van der Waals surface area contributed by atoms with Gasteiger partial charge in [-0.15, -0.1) is 0 Å². The van der Waals surface area contributed by atoms with Crippen LogP contribution in [0.25, 0.3) is 0 Å². The van der Waals surface area contributed by atoms with Crippen molar-refractivity contribution in [1.29, 1.82) is 0 Å². The predicted octanol–water partition coefficient (Wildman–Crippen LogP) is 4.75. The number of alkyl halides is 3. The van der Waals surface area contributed by atoms with Crippen molar-refractivity contribution >= 4 is 52.3 Å². The van der Waals surface area contributed by atoms with Crippen LogP contribution < -0.4 is 10.2 Å². The van der Waals surface area contributed by atoms with Crippen LogP contribution in [0.15, 0.2) is 30.3 Å². The number of amides is 3. The molecule has 3 saturated heterocycles. The molecule has 3 amide bonds. The topological polar surface area (TPSA) is 69.7 Å². The maximum atomic E-state index is 13.9. The standard InChI is InChI=1S/C24H18Cl2F3N3O3/c1-10-13(25)7-5-12-19(10)30-22(35)23(12)18-17(15-3-2-8-31(15)23)20(33)32(21(18)34)16-9-11(24(27,28)29)4-6-14(16)26/h4-7,9,15,17-18H,2-3,8H2,1H3,(H,30,35)/t15-,17+,18+,23+/m1/s1. The van der Waals surface area contributed by atoms with E-state index in [1.165, 1.54) is 0 Å². The van der Waals surface area contributed by atoms with Gasteiger partial charge in [0, 0.05) is 16.6 Å². The van der Waals surface area contributed by atoms with E-state index >= 15 is 0 Å². The van der Waals surface area contributed by atoms with E-state index in [2.05, 4.69) is 5.32 Å². The molecule has 4 atom stereocenters. The molecular formula is C24H18Cl2F3N3O3. The Labute approximate surface area is 208 Å². The molecule has 0 aliphatic carbocycles. The van der Waals surface area contributed by atoms with E-state index < -0.39 is 52.9 Å². The number of nitrogens with zero attached hydrogens (tertiary/aromatic N) is 2. The van der Waals surface area contributed by atoms with E-state index in [0.29, 0.717) is 40.9 Å². The molecule has 3 fully saturated rings. The van der Waals surface area contributed by atoms with Crippen molar-refractivity contribution in [3.05, 3.63) is 57.1 Å². The summed E-state index contributed by atoms with van der Waals surface area (Å²) in [5, 5.41) is 3.16. The van der Waals surface area contributed by atoms with Crippen molar-refractivity contribution < 1.29 is 27.6 Å². The number of fused-ring (bicyclic) bond motifs is 7. The second-order valence-corrected chi connectivity index (χ2v) is 10.2. The lowest BCUT2D eigenvalue weighted by Gasteiger charge is -2.36. The van der Waals surface area contributed by atoms with Crippen LogP contribution >= 0.6 is 23.2 Å². The van der Waals surface area contributed by atoms with E-state index in [1.54, 1.807) is 19.1 Å². The van der Waals surface area contributed by atoms with E-state index in [-0.39, 0.29) is 10.7 Å². The number of anilines is 2. The van der Waals surface area contributed by atoms with Gasteiger partial charge in [-0.05, 0) is 56.1 Å². The summed E-state index contributed by atoms with van der Waals surface area (Å²) < 4.78 is 40.2. The normalized spacial score (nSPS) is 29.7. The molecule has 4 aliphatic rings. The van der Waals surface area contributed by atoms with Gasteiger partial charge in [0.25, 0.3) is 0 Å². The predicted molar refractivity (Wildman–Crippen MR) is 122 cm³/mol. The molecular weight excluding hydrogens is 506 g/mol. The van der Waals surface area contributed by atoms with Crippen LogP contribution in [-0.2, 0) is 26.1 Å². The van der Waals surface area contributed by atoms with E-state index in [9.17, 15) is 27.6 Å². The van der Waals surface area contributed by atoms with Crippen LogP contribution in [-0.4, -0.2) is 35.2 Å². The minimum atomic E-state index is -4.69. The first-order valence-electron chi connectivity index (χ1n) is 11.1. The van der Waals surface area contributed by atoms with Crippen molar-refractivity contribution in [2.45, 2.75) is 37.5 Å². The van der Waals surface area contributed by atoms with Gasteiger partial charge in [0.05, 0.1) is 33.8 Å². The third kappa shape index (κ3) is 2.74. The van der Waals surface area contributed by atoms with Crippen molar-refractivity contribution in [1.82, 2.24) is 4.90 Å². The highest BCUT2D eigenvalue weighted by Gasteiger charge is 2.74. The Morgan fingerprint density at radius 3 is 2.49 bits per heavy atom. The first-order valence-corrected chi connectivity index (χ1v) is 11.9. The Morgan fingerprint density at radius 1 is 1.06 bits per heavy atom. The molecule has 6 rings (SSSR count). The Hall–Kier alpha value is -2.62. The number of rotatable bonds is 1. The maximum Gasteiger partial charge on any atom is 0.416 e. The minimum Gasteiger partial charge on any atom is -0.324 e. The zero-order valence-electron chi connectivity index (χ0n) is 18.2. The Bertz CT molecular complexity index is 1350. The number of carbonyl (C=O) groups excluding carboxylic acids is 3. The summed E-state index contributed by atoms with van der Waals surface area (Å²) >= 11 is 12.5. The first kappa shape index (κ1) is 22.8. The van der Waals surface area contributed by atoms with Gasteiger partial charge in [0.1, 0.15) is 5.54 Å². The number of nitrogens with one attached hydrogen (secondary N) is 1. The summed E-state index contributed by atoms with van der Waals surface area (Å²) in [6.07, 6.45) is -3.39. The molecule has 6 nitrogen and oxygen atoms in total. The molecule has 0 bridgehead atoms. The molecule has 0 radical (unpaired) electrons. The molecule has 4 heterocycles. The van der Waals surface area contributed by atoms with Crippen molar-refractivity contribution in [3.63, 3.8) is 0 Å². The molecule has 35 heavy (non-hydrogen) atoms. The van der Waals surface area contributed by atoms with Crippen LogP contribution in [0.5, 0.6) is 0 Å². The van der Waals surface area contributed by atoms with Gasteiger partial charge in [-0.2, -0.15) is 13.2 Å². The molecule has 0 aromatic heterocycles. The van der Waals surface area contributed by atoms with Gasteiger partial charge >= 0.3 is 6.18 Å². The lowest BCUT2D eigenvalue weighted by Crippen LogP contribution is -2.54. The summed E-state index contributed by atoms with van der Waals surface area (Å²) in [5.74, 6) is -3.79. The van der Waals surface area contributed by atoms with Crippen LogP contribution in [0.3, 0.4) is 0 Å². The van der Waals surface area contributed by atoms with Gasteiger partial charge in [-0.1, -0.05) is 29.3 Å². The van der Waals surface area contributed by atoms with Crippen LogP contribution in [0.1, 0.15) is 29.5 Å². The Morgan fingerprint density at radius 2 is 1.77 bits per heavy atom. The second kappa shape index (κ2) is 7.21. The third-order valence-corrected chi connectivity index (χ3v) is 8.61. The number of hydrogen-bond acceptors (Lipinski definition) is 4. The molecule has 2 aromatic rings. The SMILES string of the molecule is Cc1c(Cl)ccc2c1NC(=O)[C@@]21[C@@H]2C(=O)N(c3cc(C(F)(F)F)ccc3Cl)C(=O)[C@H]2[C@H]2CCCN21. The maximum absolute atomic E-state index is 13.9. The second-order valence-electron chi connectivity index (χ2n) is 9.40. The lowest BCUT2D eigenvalue weighted by atomic mass is 9.75. The number of hydrogen-bond donors (Lipinski definition) is 1. The van der Waals surface area contributed by atoms with Gasteiger partial charge in [0.15, 0.2) is 0 Å². The highest BCUT2D eigenvalue weighted by Crippen LogP contribution is 2.61. The average Bonchev–Trinajstić information content (AvgIpc) is 3.50. The summed E-state index contributed by atoms with van der Waals surface area (Å²) in [7, 11) is 0. The largest absolute Gasteiger partial charge is 0.416 e. The van der Waals surface area contributed by atoms with Crippen molar-refractivity contribution in [2.75, 3.05) is 16.8 Å². The molecule has 0 unspecified atom stereocenters. The van der Waals surface area contributed by atoms with Gasteiger partial charge in [0.2, 0.25) is 17.7 Å². The van der Waals surface area contributed by atoms with Crippen LogP contribution in [0, 0.1) is 18.8 Å². The summed E-state index contributed by atoms with van der Waals surface area (Å²) in [6, 6.07) is 5.47. The fourth-order valence-electron chi connectivity index (χ4n) is 6.49. The number of benzene rings is 2. The summed E-state index contributed by atoms with van der Waals surface area (Å²) in [5.41, 5.74) is -1.10. The smallest absolute Gasteiger partial charge is 0.324 e. The lowest BCUT2D eigenvalue weighted by molar-refractivity contribution is -0.137.